The quantitative estimate of drug-likeness (QED) is 0.788. The Kier molecular flexibility index (Phi) is 4.26. The Hall–Kier alpha value is -2.54. The number of fused-ring (bicyclic) bond motifs is 2. The fraction of sp³-hybridized carbons (Fsp3) is 0.565. The van der Waals surface area contributed by atoms with Crippen LogP contribution in [0.5, 0.6) is 0 Å². The van der Waals surface area contributed by atoms with Crippen molar-refractivity contribution in [3.8, 4) is 0 Å². The van der Waals surface area contributed by atoms with Crippen LogP contribution in [0.3, 0.4) is 0 Å². The zero-order valence-electron chi connectivity index (χ0n) is 17.4. The predicted octanol–water partition coefficient (Wildman–Crippen LogP) is 3.14. The van der Waals surface area contributed by atoms with Gasteiger partial charge in [-0.15, -0.1) is 0 Å². The van der Waals surface area contributed by atoms with Crippen molar-refractivity contribution in [2.24, 2.45) is 16.1 Å². The number of nitrogens with zero attached hydrogens (tertiary/aromatic N) is 6. The summed E-state index contributed by atoms with van der Waals surface area (Å²) in [6.07, 6.45) is 12.8. The van der Waals surface area contributed by atoms with Crippen molar-refractivity contribution in [3.63, 3.8) is 0 Å². The third kappa shape index (κ3) is 2.90. The van der Waals surface area contributed by atoms with Crippen LogP contribution in [-0.4, -0.2) is 51.4 Å². The number of hydrogen-bond acceptors (Lipinski definition) is 7. The summed E-state index contributed by atoms with van der Waals surface area (Å²) < 4.78 is 0. The Bertz CT molecular complexity index is 993. The van der Waals surface area contributed by atoms with Crippen LogP contribution in [0.4, 0.5) is 17.3 Å². The van der Waals surface area contributed by atoms with E-state index in [-0.39, 0.29) is 0 Å². The number of nitrogens with two attached hydrogens (primary N) is 1. The Labute approximate surface area is 177 Å². The van der Waals surface area contributed by atoms with Gasteiger partial charge >= 0.3 is 0 Å². The highest BCUT2D eigenvalue weighted by atomic mass is 15.3. The molecule has 0 bridgehead atoms. The van der Waals surface area contributed by atoms with Crippen molar-refractivity contribution >= 4 is 23.2 Å². The van der Waals surface area contributed by atoms with Gasteiger partial charge in [0.2, 0.25) is 0 Å². The Morgan fingerprint density at radius 2 is 1.93 bits per heavy atom. The summed E-state index contributed by atoms with van der Waals surface area (Å²) in [6.45, 7) is 3.06. The lowest BCUT2D eigenvalue weighted by atomic mass is 9.74. The van der Waals surface area contributed by atoms with Crippen LogP contribution < -0.4 is 10.6 Å². The minimum absolute atomic E-state index is 0.377. The second-order valence-corrected chi connectivity index (χ2v) is 9.28. The molecule has 0 unspecified atom stereocenters. The minimum Gasteiger partial charge on any atom is -0.360 e. The number of rotatable bonds is 1. The largest absolute Gasteiger partial charge is 0.360 e. The summed E-state index contributed by atoms with van der Waals surface area (Å²) in [5.74, 6) is 2.83. The Balaban J connectivity index is 1.19. The molecule has 4 aliphatic rings. The summed E-state index contributed by atoms with van der Waals surface area (Å²) in [7, 11) is 0. The first kappa shape index (κ1) is 18.2. The van der Waals surface area contributed by atoms with Crippen LogP contribution in [0, 0.1) is 5.41 Å². The normalized spacial score (nSPS) is 24.7. The monoisotopic (exact) mass is 403 g/mol. The van der Waals surface area contributed by atoms with E-state index in [1.54, 1.807) is 0 Å². The summed E-state index contributed by atoms with van der Waals surface area (Å²) >= 11 is 0. The van der Waals surface area contributed by atoms with E-state index in [1.807, 2.05) is 18.5 Å². The first-order valence-corrected chi connectivity index (χ1v) is 11.4. The molecular formula is C23H29N7. The molecule has 1 aliphatic carbocycles. The maximum Gasteiger partial charge on any atom is 0.176 e. The molecule has 30 heavy (non-hydrogen) atoms. The van der Waals surface area contributed by atoms with Gasteiger partial charge in [0.1, 0.15) is 5.84 Å². The van der Waals surface area contributed by atoms with E-state index >= 15 is 0 Å². The fourth-order valence-electron chi connectivity index (χ4n) is 5.87. The van der Waals surface area contributed by atoms with E-state index < -0.39 is 0 Å². The maximum absolute atomic E-state index is 6.46. The van der Waals surface area contributed by atoms with Crippen LogP contribution in [0.1, 0.15) is 49.9 Å². The average molecular weight is 404 g/mol. The molecule has 3 aliphatic heterocycles. The first-order valence-electron chi connectivity index (χ1n) is 11.4. The van der Waals surface area contributed by atoms with Gasteiger partial charge in [-0.2, -0.15) is 0 Å². The molecule has 156 valence electrons. The van der Waals surface area contributed by atoms with Gasteiger partial charge in [0.15, 0.2) is 11.6 Å². The lowest BCUT2D eigenvalue weighted by molar-refractivity contribution is 0.134. The molecule has 0 aromatic carbocycles. The van der Waals surface area contributed by atoms with Gasteiger partial charge < -0.3 is 15.5 Å². The summed E-state index contributed by atoms with van der Waals surface area (Å²) in [5, 5.41) is 0. The molecule has 1 atom stereocenters. The lowest BCUT2D eigenvalue weighted by Crippen LogP contribution is -2.48. The molecule has 0 radical (unpaired) electrons. The van der Waals surface area contributed by atoms with Crippen LogP contribution >= 0.6 is 0 Å². The molecule has 7 nitrogen and oxygen atoms in total. The zero-order chi connectivity index (χ0) is 20.1. The van der Waals surface area contributed by atoms with E-state index in [0.29, 0.717) is 11.5 Å². The SMILES string of the molecule is N[C@@H]1CCCC12CCN(C1=Nc3ncc(N4CCCc5ncccc54)nc3C1)CC2. The van der Waals surface area contributed by atoms with Crippen LogP contribution in [0.15, 0.2) is 29.5 Å². The highest BCUT2D eigenvalue weighted by Crippen LogP contribution is 2.45. The van der Waals surface area contributed by atoms with Crippen molar-refractivity contribution < 1.29 is 0 Å². The second kappa shape index (κ2) is 7.01. The van der Waals surface area contributed by atoms with Crippen molar-refractivity contribution in [3.05, 3.63) is 35.9 Å². The van der Waals surface area contributed by atoms with Crippen molar-refractivity contribution in [2.45, 2.75) is 57.4 Å². The third-order valence-electron chi connectivity index (χ3n) is 7.70. The molecule has 1 spiro atoms. The fourth-order valence-corrected chi connectivity index (χ4v) is 5.87. The van der Waals surface area contributed by atoms with Crippen LogP contribution in [-0.2, 0) is 12.8 Å². The van der Waals surface area contributed by atoms with Crippen molar-refractivity contribution in [1.29, 1.82) is 0 Å². The summed E-state index contributed by atoms with van der Waals surface area (Å²) in [4.78, 5) is 23.7. The number of hydrogen-bond donors (Lipinski definition) is 1. The molecule has 5 heterocycles. The predicted molar refractivity (Wildman–Crippen MR) is 117 cm³/mol. The molecule has 7 heteroatoms. The van der Waals surface area contributed by atoms with Gasteiger partial charge in [-0.1, -0.05) is 6.42 Å². The first-order chi connectivity index (χ1) is 14.7. The van der Waals surface area contributed by atoms with Gasteiger partial charge in [0.05, 0.1) is 29.7 Å². The molecule has 1 saturated carbocycles. The van der Waals surface area contributed by atoms with Gasteiger partial charge in [-0.25, -0.2) is 15.0 Å². The number of piperidine rings is 1. The van der Waals surface area contributed by atoms with Gasteiger partial charge in [0.25, 0.3) is 0 Å². The maximum atomic E-state index is 6.46. The molecule has 1 saturated heterocycles. The number of aromatic nitrogens is 3. The molecular weight excluding hydrogens is 374 g/mol. The molecule has 2 aromatic heterocycles. The second-order valence-electron chi connectivity index (χ2n) is 9.28. The Morgan fingerprint density at radius 3 is 2.77 bits per heavy atom. The zero-order valence-corrected chi connectivity index (χ0v) is 17.4. The van der Waals surface area contributed by atoms with Crippen LogP contribution in [0.25, 0.3) is 0 Å². The van der Waals surface area contributed by atoms with Crippen molar-refractivity contribution in [2.75, 3.05) is 24.5 Å². The summed E-state index contributed by atoms with van der Waals surface area (Å²) in [5.41, 5.74) is 10.1. The molecule has 6 rings (SSSR count). The number of amidine groups is 1. The molecule has 2 aromatic rings. The van der Waals surface area contributed by atoms with Gasteiger partial charge in [0, 0.05) is 31.9 Å². The standard InChI is InChI=1S/C23H29N7/c24-19-6-1-7-23(19)8-12-29(13-9-23)20-14-17-22(28-20)26-15-21(27-17)30-11-3-4-16-18(30)5-2-10-25-16/h2,5,10,15,19H,1,3-4,6-9,11-14,24H2/t19-/m1/s1. The highest BCUT2D eigenvalue weighted by molar-refractivity contribution is 5.91. The van der Waals surface area contributed by atoms with Crippen molar-refractivity contribution in [1.82, 2.24) is 19.9 Å². The summed E-state index contributed by atoms with van der Waals surface area (Å²) in [6, 6.07) is 4.52. The smallest absolute Gasteiger partial charge is 0.176 e. The number of anilines is 2. The molecule has 2 fully saturated rings. The average Bonchev–Trinajstić information content (AvgIpc) is 3.37. The van der Waals surface area contributed by atoms with E-state index in [1.165, 1.54) is 32.1 Å². The van der Waals surface area contributed by atoms with E-state index in [2.05, 4.69) is 25.8 Å². The lowest BCUT2D eigenvalue weighted by Gasteiger charge is -2.42. The van der Waals surface area contributed by atoms with E-state index in [4.69, 9.17) is 15.7 Å². The number of aliphatic imine (C=N–C) groups is 1. The molecule has 0 amide bonds. The minimum atomic E-state index is 0.377. The Morgan fingerprint density at radius 1 is 1.03 bits per heavy atom. The number of aryl methyl sites for hydroxylation is 1. The van der Waals surface area contributed by atoms with Gasteiger partial charge in [-0.05, 0) is 56.1 Å². The van der Waals surface area contributed by atoms with Crippen LogP contribution in [0.2, 0.25) is 0 Å². The van der Waals surface area contributed by atoms with E-state index in [9.17, 15) is 0 Å². The number of pyridine rings is 1. The molecule has 2 N–H and O–H groups in total. The highest BCUT2D eigenvalue weighted by Gasteiger charge is 2.43. The van der Waals surface area contributed by atoms with E-state index in [0.717, 1.165) is 73.4 Å². The van der Waals surface area contributed by atoms with Gasteiger partial charge in [-0.3, -0.25) is 4.98 Å². The third-order valence-corrected chi connectivity index (χ3v) is 7.70. The number of likely N-dealkylation sites (tertiary alicyclic amines) is 1. The topological polar surface area (TPSA) is 83.5 Å².